The molecule has 0 aromatic heterocycles. The Labute approximate surface area is 260 Å². The lowest BCUT2D eigenvalue weighted by Gasteiger charge is -2.52. The first-order valence-corrected chi connectivity index (χ1v) is 15.6. The highest BCUT2D eigenvalue weighted by Crippen LogP contribution is 2.59. The lowest BCUT2D eigenvalue weighted by Crippen LogP contribution is -2.59. The van der Waals surface area contributed by atoms with Gasteiger partial charge >= 0.3 is 0 Å². The molecule has 2 aromatic rings. The summed E-state index contributed by atoms with van der Waals surface area (Å²) in [6.45, 7) is 1.89. The number of rotatable bonds is 8. The highest BCUT2D eigenvalue weighted by atomic mass is 19.1. The van der Waals surface area contributed by atoms with Gasteiger partial charge in [-0.1, -0.05) is 18.2 Å². The van der Waals surface area contributed by atoms with Crippen LogP contribution in [-0.2, 0) is 22.6 Å². The monoisotopic (exact) mass is 615 g/mol. The van der Waals surface area contributed by atoms with Gasteiger partial charge in [-0.3, -0.25) is 19.3 Å². The number of carbonyl (C=O) groups is 3. The Balaban J connectivity index is 1.39. The number of nitrogens with two attached hydrogens (primary N) is 1. The van der Waals surface area contributed by atoms with Crippen LogP contribution in [0.5, 0.6) is 11.5 Å². The van der Waals surface area contributed by atoms with Gasteiger partial charge in [-0.25, -0.2) is 4.39 Å². The highest BCUT2D eigenvalue weighted by molar-refractivity contribution is 6.22. The molecule has 2 aromatic carbocycles. The lowest BCUT2D eigenvalue weighted by atomic mass is 9.54. The topological polar surface area (TPSA) is 142 Å². The molecule has 10 heteroatoms. The molecule has 0 radical (unpaired) electrons. The third-order valence-electron chi connectivity index (χ3n) is 10.9. The van der Waals surface area contributed by atoms with Crippen LogP contribution in [0, 0.1) is 29.0 Å². The van der Waals surface area contributed by atoms with Gasteiger partial charge in [0, 0.05) is 34.7 Å². The predicted octanol–water partition coefficient (Wildman–Crippen LogP) is 4.09. The molecule has 0 bridgehead atoms. The fraction of sp³-hybridized carbons (Fsp3) is 0.457. The number of nitrogens with zero attached hydrogens (tertiary/aromatic N) is 1. The Hall–Kier alpha value is -4.02. The molecule has 9 nitrogen and oxygen atoms in total. The predicted molar refractivity (Wildman–Crippen MR) is 163 cm³/mol. The largest absolute Gasteiger partial charge is 0.510 e. The van der Waals surface area contributed by atoms with Gasteiger partial charge < -0.3 is 26.0 Å². The number of ether oxygens (including phenoxy) is 1. The van der Waals surface area contributed by atoms with Crippen molar-refractivity contribution in [2.75, 3.05) is 14.1 Å². The summed E-state index contributed by atoms with van der Waals surface area (Å²) in [5, 5.41) is 26.4. The van der Waals surface area contributed by atoms with Crippen LogP contribution in [0.25, 0.3) is 0 Å². The summed E-state index contributed by atoms with van der Waals surface area (Å²) in [5.41, 5.74) is 4.15. The van der Waals surface area contributed by atoms with Crippen LogP contribution in [0.1, 0.15) is 60.5 Å². The molecule has 4 atom stereocenters. The molecule has 0 spiro atoms. The fourth-order valence-corrected chi connectivity index (χ4v) is 8.29. The number of fused-ring (bicyclic) bond motifs is 3. The van der Waals surface area contributed by atoms with Crippen molar-refractivity contribution in [1.82, 2.24) is 10.2 Å². The number of halogens is 1. The number of Topliss-reactive ketones (excluding diaryl/α,β-unsaturated/α-hetero) is 2. The van der Waals surface area contributed by atoms with Crippen LogP contribution < -0.4 is 15.8 Å². The lowest BCUT2D eigenvalue weighted by molar-refractivity contribution is -0.129. The van der Waals surface area contributed by atoms with Crippen molar-refractivity contribution in [3.63, 3.8) is 0 Å². The number of aliphatic hydroxyl groups is 1. The van der Waals surface area contributed by atoms with E-state index in [2.05, 4.69) is 5.32 Å². The highest BCUT2D eigenvalue weighted by Gasteiger charge is 2.61. The second-order valence-electron chi connectivity index (χ2n) is 13.8. The van der Waals surface area contributed by atoms with E-state index in [0.717, 1.165) is 12.8 Å². The molecule has 236 valence electrons. The van der Waals surface area contributed by atoms with E-state index in [4.69, 9.17) is 10.5 Å². The second kappa shape index (κ2) is 10.3. The van der Waals surface area contributed by atoms with E-state index in [1.165, 1.54) is 18.9 Å². The van der Waals surface area contributed by atoms with E-state index in [9.17, 15) is 24.6 Å². The molecule has 2 saturated carbocycles. The van der Waals surface area contributed by atoms with Crippen molar-refractivity contribution in [3.05, 3.63) is 81.6 Å². The van der Waals surface area contributed by atoms with Crippen molar-refractivity contribution in [3.8, 4) is 11.5 Å². The van der Waals surface area contributed by atoms with Crippen LogP contribution in [0.3, 0.4) is 0 Å². The molecule has 5 N–H and O–H groups in total. The number of aliphatic hydroxyl groups excluding tert-OH is 1. The molecule has 0 saturated heterocycles. The van der Waals surface area contributed by atoms with Crippen LogP contribution in [-0.4, -0.2) is 58.3 Å². The number of likely N-dealkylation sites (N-methyl/N-ethyl adjacent to an activating group) is 1. The molecule has 7 rings (SSSR count). The van der Waals surface area contributed by atoms with Gasteiger partial charge in [0.25, 0.3) is 5.91 Å². The number of nitrogens with one attached hydrogen (secondary N) is 1. The molecule has 2 fully saturated rings. The number of primary amides is 1. The number of ketones is 2. The number of hydrogen-bond acceptors (Lipinski definition) is 8. The maximum absolute atomic E-state index is 16.3. The summed E-state index contributed by atoms with van der Waals surface area (Å²) in [7, 11) is 3.40. The molecular formula is C35H38FN3O6. The van der Waals surface area contributed by atoms with Crippen LogP contribution in [0.4, 0.5) is 4.39 Å². The van der Waals surface area contributed by atoms with E-state index >= 15 is 4.39 Å². The normalized spacial score (nSPS) is 28.5. The van der Waals surface area contributed by atoms with Crippen molar-refractivity contribution < 1.29 is 33.7 Å². The average molecular weight is 616 g/mol. The number of amides is 1. The Morgan fingerprint density at radius 2 is 1.84 bits per heavy atom. The third kappa shape index (κ3) is 4.44. The van der Waals surface area contributed by atoms with Crippen LogP contribution >= 0.6 is 0 Å². The van der Waals surface area contributed by atoms with Gasteiger partial charge in [0.1, 0.15) is 34.4 Å². The molecule has 45 heavy (non-hydrogen) atoms. The number of allylic oxidation sites excluding steroid dienone is 1. The molecule has 5 aliphatic carbocycles. The number of carbonyl (C=O) groups excluding carboxylic acids is 3. The van der Waals surface area contributed by atoms with Gasteiger partial charge in [-0.15, -0.1) is 0 Å². The first kappa shape index (κ1) is 29.7. The number of aromatic hydroxyl groups is 1. The Bertz CT molecular complexity index is 1710. The summed E-state index contributed by atoms with van der Waals surface area (Å²) in [6.07, 6.45) is 4.77. The summed E-state index contributed by atoms with van der Waals surface area (Å²) in [6, 6.07) is 9.13. The van der Waals surface area contributed by atoms with Crippen molar-refractivity contribution in [2.24, 2.45) is 28.9 Å². The minimum Gasteiger partial charge on any atom is -0.510 e. The number of phenolic OH excluding ortho intramolecular Hbond substituents is 1. The van der Waals surface area contributed by atoms with Gasteiger partial charge in [0.05, 0.1) is 17.0 Å². The average Bonchev–Trinajstić information content (AvgIpc) is 3.91. The minimum absolute atomic E-state index is 0.0508. The molecule has 0 aliphatic heterocycles. The maximum Gasteiger partial charge on any atom is 0.255 e. The number of phenols is 1. The molecular weight excluding hydrogens is 577 g/mol. The number of hydrogen-bond donors (Lipinski definition) is 4. The second-order valence-corrected chi connectivity index (χ2v) is 13.8. The summed E-state index contributed by atoms with van der Waals surface area (Å²) < 4.78 is 22.7. The van der Waals surface area contributed by atoms with E-state index in [1.807, 2.05) is 0 Å². The first-order valence-electron chi connectivity index (χ1n) is 15.6. The van der Waals surface area contributed by atoms with Crippen LogP contribution in [0.2, 0.25) is 0 Å². The van der Waals surface area contributed by atoms with E-state index in [0.29, 0.717) is 17.2 Å². The van der Waals surface area contributed by atoms with Crippen molar-refractivity contribution >= 4 is 17.5 Å². The standard InChI is InChI=1S/C35H38FN3O6/c1-34-22(28(39(2)3)30(42)26(31(34)43)33(37)44)14-17-13-21-25(29(41)24(17)32(34)45-20-7-5-4-6-8-20)23(40)15-18(27(21)36)16-38-35(11-12-35)19-9-10-19/h4-8,15,17,19,22,28,38,40,43H,9-14,16H2,1-3H3,(H2,37,44)/t17-,22-,28-,34-/m0/s1. The van der Waals surface area contributed by atoms with E-state index in [1.54, 1.807) is 56.3 Å². The zero-order valence-electron chi connectivity index (χ0n) is 25.7. The summed E-state index contributed by atoms with van der Waals surface area (Å²) in [4.78, 5) is 42.4. The fourth-order valence-electron chi connectivity index (χ4n) is 8.29. The van der Waals surface area contributed by atoms with Gasteiger partial charge in [0.15, 0.2) is 11.6 Å². The van der Waals surface area contributed by atoms with Crippen molar-refractivity contribution in [2.45, 2.75) is 63.6 Å². The summed E-state index contributed by atoms with van der Waals surface area (Å²) >= 11 is 0. The Kier molecular flexibility index (Phi) is 6.76. The SMILES string of the molecule is CN(C)[C@@H]1C(=O)C(C(N)=O)=C(O)[C@@]2(C)C(Oc3ccccc3)=C3C(=O)c4c(O)cc(CNC5(C6CC6)CC5)c(F)c4C[C@H]3C[C@@H]12. The zero-order chi connectivity index (χ0) is 32.0. The van der Waals surface area contributed by atoms with Crippen LogP contribution in [0.15, 0.2) is 59.1 Å². The Morgan fingerprint density at radius 3 is 2.44 bits per heavy atom. The van der Waals surface area contributed by atoms with Crippen molar-refractivity contribution in [1.29, 1.82) is 0 Å². The Morgan fingerprint density at radius 1 is 1.16 bits per heavy atom. The summed E-state index contributed by atoms with van der Waals surface area (Å²) in [5.74, 6) is -3.88. The maximum atomic E-state index is 16.3. The van der Waals surface area contributed by atoms with E-state index < -0.39 is 57.9 Å². The smallest absolute Gasteiger partial charge is 0.255 e. The quantitative estimate of drug-likeness (QED) is 0.326. The zero-order valence-corrected chi connectivity index (χ0v) is 25.7. The molecule has 5 aliphatic rings. The molecule has 1 amide bonds. The number of para-hydroxylation sites is 1. The minimum atomic E-state index is -1.51. The van der Waals surface area contributed by atoms with Gasteiger partial charge in [-0.2, -0.15) is 0 Å². The third-order valence-corrected chi connectivity index (χ3v) is 10.9. The molecule has 0 unspecified atom stereocenters. The molecule has 0 heterocycles. The van der Waals surface area contributed by atoms with E-state index in [-0.39, 0.29) is 53.1 Å². The van der Waals surface area contributed by atoms with Gasteiger partial charge in [0.2, 0.25) is 0 Å². The number of benzene rings is 2. The first-order chi connectivity index (χ1) is 21.4. The van der Waals surface area contributed by atoms with Gasteiger partial charge in [-0.05, 0) is 89.6 Å².